The first-order valence-electron chi connectivity index (χ1n) is 16.2. The van der Waals surface area contributed by atoms with E-state index < -0.39 is 5.41 Å². The van der Waals surface area contributed by atoms with Crippen LogP contribution in [0.2, 0.25) is 0 Å². The van der Waals surface area contributed by atoms with Gasteiger partial charge in [-0.15, -0.1) is 0 Å². The number of nitrogens with zero attached hydrogens (tertiary/aromatic N) is 1. The van der Waals surface area contributed by atoms with Gasteiger partial charge in [0.1, 0.15) is 5.75 Å². The normalized spacial score (nSPS) is 19.4. The van der Waals surface area contributed by atoms with E-state index in [1.54, 1.807) is 25.3 Å². The third-order valence-electron chi connectivity index (χ3n) is 9.13. The maximum atomic E-state index is 14.1. The lowest BCUT2D eigenvalue weighted by atomic mass is 9.62. The fraction of sp³-hybridized carbons (Fsp3) is 0.405. The van der Waals surface area contributed by atoms with E-state index in [1.165, 1.54) is 0 Å². The average molecular weight is 626 g/mol. The Hall–Kier alpha value is -4.66. The minimum Gasteiger partial charge on any atom is -0.496 e. The molecule has 0 aromatic heterocycles. The number of hydrogen-bond acceptors (Lipinski definition) is 6. The number of carbonyl (C=O) groups is 4. The molecule has 9 nitrogen and oxygen atoms in total. The molecule has 2 atom stereocenters. The second-order valence-corrected chi connectivity index (χ2v) is 11.9. The zero-order chi connectivity index (χ0) is 32.5. The molecule has 0 spiro atoms. The number of carbonyl (C=O) groups excluding carboxylic acids is 4. The zero-order valence-electron chi connectivity index (χ0n) is 26.6. The van der Waals surface area contributed by atoms with Crippen LogP contribution in [0.25, 0.3) is 0 Å². The molecule has 0 saturated carbocycles. The number of amides is 3. The maximum absolute atomic E-state index is 14.1. The number of methoxy groups -OCH3 is 1. The van der Waals surface area contributed by atoms with Gasteiger partial charge in [0.2, 0.25) is 11.8 Å². The van der Waals surface area contributed by atoms with E-state index in [9.17, 15) is 19.2 Å². The number of likely N-dealkylation sites (tertiary alicyclic amines) is 1. The molecule has 1 fully saturated rings. The Kier molecular flexibility index (Phi) is 10.7. The summed E-state index contributed by atoms with van der Waals surface area (Å²) in [7, 11) is 1.54. The van der Waals surface area contributed by atoms with Crippen molar-refractivity contribution in [2.45, 2.75) is 62.8 Å². The van der Waals surface area contributed by atoms with Gasteiger partial charge in [-0.05, 0) is 60.9 Å². The van der Waals surface area contributed by atoms with Crippen molar-refractivity contribution in [1.29, 1.82) is 0 Å². The van der Waals surface area contributed by atoms with Crippen molar-refractivity contribution in [3.05, 3.63) is 101 Å². The lowest BCUT2D eigenvalue weighted by Gasteiger charge is -2.42. The van der Waals surface area contributed by atoms with Crippen molar-refractivity contribution < 1.29 is 28.7 Å². The summed E-state index contributed by atoms with van der Waals surface area (Å²) in [6.07, 6.45) is 3.08. The molecule has 0 bridgehead atoms. The first-order chi connectivity index (χ1) is 22.4. The van der Waals surface area contributed by atoms with Crippen LogP contribution in [0.1, 0.15) is 78.4 Å². The first-order valence-corrected chi connectivity index (χ1v) is 16.2. The number of fused-ring (bicyclic) bond motifs is 1. The van der Waals surface area contributed by atoms with Gasteiger partial charge in [-0.25, -0.2) is 0 Å². The molecular weight excluding hydrogens is 582 g/mol. The lowest BCUT2D eigenvalue weighted by Crippen LogP contribution is -2.51. The molecule has 1 aliphatic carbocycles. The van der Waals surface area contributed by atoms with Gasteiger partial charge in [-0.1, -0.05) is 73.7 Å². The largest absolute Gasteiger partial charge is 0.496 e. The highest BCUT2D eigenvalue weighted by atomic mass is 16.5. The van der Waals surface area contributed by atoms with E-state index in [0.717, 1.165) is 23.1 Å². The third kappa shape index (κ3) is 6.93. The summed E-state index contributed by atoms with van der Waals surface area (Å²) in [5, 5.41) is 6.12. The molecule has 0 unspecified atom stereocenters. The lowest BCUT2D eigenvalue weighted by molar-refractivity contribution is -0.143. The molecule has 242 valence electrons. The number of rotatable bonds is 11. The van der Waals surface area contributed by atoms with Crippen molar-refractivity contribution in [3.8, 4) is 5.75 Å². The van der Waals surface area contributed by atoms with Crippen LogP contribution in [0.3, 0.4) is 0 Å². The van der Waals surface area contributed by atoms with Gasteiger partial charge >= 0.3 is 5.97 Å². The molecule has 46 heavy (non-hydrogen) atoms. The Labute approximate surface area is 270 Å². The van der Waals surface area contributed by atoms with Crippen LogP contribution in [-0.2, 0) is 24.5 Å². The predicted octanol–water partition coefficient (Wildman–Crippen LogP) is 4.74. The minimum absolute atomic E-state index is 0.0442. The van der Waals surface area contributed by atoms with Gasteiger partial charge in [0.25, 0.3) is 5.91 Å². The van der Waals surface area contributed by atoms with Crippen molar-refractivity contribution in [2.75, 3.05) is 33.4 Å². The maximum Gasteiger partial charge on any atom is 0.307 e. The Morgan fingerprint density at radius 1 is 0.891 bits per heavy atom. The van der Waals surface area contributed by atoms with Crippen LogP contribution in [0.4, 0.5) is 0 Å². The van der Waals surface area contributed by atoms with Crippen LogP contribution < -0.4 is 15.4 Å². The SMILES string of the molecule is CCCOC(=O)CCNC(=O)[C@@]1(c2ccccc2)CC[C@H](C(=O)N2CCC(NC(=O)c3ccccc3OC)CC2)c2ccccc21. The molecule has 3 aromatic carbocycles. The summed E-state index contributed by atoms with van der Waals surface area (Å²) in [6, 6.07) is 24.5. The van der Waals surface area contributed by atoms with Crippen molar-refractivity contribution in [1.82, 2.24) is 15.5 Å². The Morgan fingerprint density at radius 2 is 1.59 bits per heavy atom. The molecule has 3 amide bonds. The van der Waals surface area contributed by atoms with Crippen molar-refractivity contribution in [3.63, 3.8) is 0 Å². The molecule has 2 N–H and O–H groups in total. The van der Waals surface area contributed by atoms with Gasteiger partial charge in [0.15, 0.2) is 0 Å². The molecule has 3 aromatic rings. The predicted molar refractivity (Wildman–Crippen MR) is 175 cm³/mol. The average Bonchev–Trinajstić information content (AvgIpc) is 3.10. The van der Waals surface area contributed by atoms with Gasteiger partial charge in [-0.3, -0.25) is 19.2 Å². The quantitative estimate of drug-likeness (QED) is 0.298. The van der Waals surface area contributed by atoms with Gasteiger partial charge < -0.3 is 25.0 Å². The van der Waals surface area contributed by atoms with Crippen LogP contribution >= 0.6 is 0 Å². The summed E-state index contributed by atoms with van der Waals surface area (Å²) < 4.78 is 10.5. The topological polar surface area (TPSA) is 114 Å². The molecular formula is C37H43N3O6. The number of esters is 1. The minimum atomic E-state index is -1.00. The number of benzene rings is 3. The van der Waals surface area contributed by atoms with E-state index in [0.29, 0.717) is 56.7 Å². The molecule has 1 saturated heterocycles. The van der Waals surface area contributed by atoms with Crippen molar-refractivity contribution >= 4 is 23.7 Å². The zero-order valence-corrected chi connectivity index (χ0v) is 26.6. The second kappa shape index (κ2) is 15.1. The van der Waals surface area contributed by atoms with E-state index >= 15 is 0 Å². The number of piperidine rings is 1. The van der Waals surface area contributed by atoms with E-state index in [2.05, 4.69) is 10.6 Å². The Morgan fingerprint density at radius 3 is 2.33 bits per heavy atom. The van der Waals surface area contributed by atoms with Gasteiger partial charge in [0.05, 0.1) is 37.0 Å². The summed E-state index contributed by atoms with van der Waals surface area (Å²) in [4.78, 5) is 55.1. The molecule has 9 heteroatoms. The highest BCUT2D eigenvalue weighted by Crippen LogP contribution is 2.48. The van der Waals surface area contributed by atoms with Crippen LogP contribution in [0, 0.1) is 0 Å². The summed E-state index contributed by atoms with van der Waals surface area (Å²) >= 11 is 0. The van der Waals surface area contributed by atoms with Crippen molar-refractivity contribution in [2.24, 2.45) is 0 Å². The van der Waals surface area contributed by atoms with Crippen LogP contribution in [0.5, 0.6) is 5.75 Å². The number of hydrogen-bond donors (Lipinski definition) is 2. The summed E-state index contributed by atoms with van der Waals surface area (Å²) in [6.45, 7) is 3.53. The molecule has 2 aliphatic rings. The Balaban J connectivity index is 1.30. The first kappa shape index (κ1) is 32.7. The highest BCUT2D eigenvalue weighted by molar-refractivity contribution is 5.97. The fourth-order valence-corrected chi connectivity index (χ4v) is 6.76. The highest BCUT2D eigenvalue weighted by Gasteiger charge is 2.48. The molecule has 1 aliphatic heterocycles. The summed E-state index contributed by atoms with van der Waals surface area (Å²) in [5.41, 5.74) is 2.01. The van der Waals surface area contributed by atoms with Crippen LogP contribution in [0.15, 0.2) is 78.9 Å². The smallest absolute Gasteiger partial charge is 0.307 e. The van der Waals surface area contributed by atoms with E-state index in [-0.39, 0.29) is 48.6 Å². The second-order valence-electron chi connectivity index (χ2n) is 11.9. The monoisotopic (exact) mass is 625 g/mol. The number of para-hydroxylation sites is 1. The number of ether oxygens (including phenoxy) is 2. The van der Waals surface area contributed by atoms with E-state index in [4.69, 9.17) is 9.47 Å². The van der Waals surface area contributed by atoms with Crippen LogP contribution in [-0.4, -0.2) is 68.0 Å². The molecule has 1 heterocycles. The number of nitrogens with one attached hydrogen (secondary N) is 2. The third-order valence-corrected chi connectivity index (χ3v) is 9.13. The summed E-state index contributed by atoms with van der Waals surface area (Å²) in [5.74, 6) is -0.525. The van der Waals surface area contributed by atoms with Gasteiger partial charge in [0, 0.05) is 25.7 Å². The van der Waals surface area contributed by atoms with E-state index in [1.807, 2.05) is 72.5 Å². The Bertz CT molecular complexity index is 1530. The fourth-order valence-electron chi connectivity index (χ4n) is 6.76. The molecule has 5 rings (SSSR count). The van der Waals surface area contributed by atoms with Gasteiger partial charge in [-0.2, -0.15) is 0 Å². The molecule has 0 radical (unpaired) electrons. The standard InChI is InChI=1S/C37H43N3O6/c1-3-25-46-33(41)18-22-38-36(44)37(26-11-5-4-6-12-26)21-17-29(28-13-7-9-15-31(28)37)35(43)40-23-19-27(20-24-40)39-34(42)30-14-8-10-16-32(30)45-2/h4-16,27,29H,3,17-25H2,1-2H3,(H,38,44)(H,39,42)/t29-,37+/m0/s1.